The van der Waals surface area contributed by atoms with E-state index in [4.69, 9.17) is 13.9 Å². The summed E-state index contributed by atoms with van der Waals surface area (Å²) >= 11 is 1.22. The molecular formula is C34H43N3O7S. The summed E-state index contributed by atoms with van der Waals surface area (Å²) in [7, 11) is 1.60. The Labute approximate surface area is 266 Å². The van der Waals surface area contributed by atoms with Crippen molar-refractivity contribution in [2.75, 3.05) is 7.11 Å². The van der Waals surface area contributed by atoms with Crippen molar-refractivity contribution in [3.05, 3.63) is 68.7 Å². The zero-order valence-electron chi connectivity index (χ0n) is 27.5. The van der Waals surface area contributed by atoms with Gasteiger partial charge in [0.15, 0.2) is 0 Å². The van der Waals surface area contributed by atoms with Gasteiger partial charge in [-0.1, -0.05) is 52.8 Å². The summed E-state index contributed by atoms with van der Waals surface area (Å²) in [5.74, 6) is 0.0143. The molecule has 0 amide bonds. The normalized spacial score (nSPS) is 22.2. The average molecular weight is 638 g/mol. The maximum absolute atomic E-state index is 14.4. The van der Waals surface area contributed by atoms with Gasteiger partial charge < -0.3 is 19.0 Å². The zero-order chi connectivity index (χ0) is 33.1. The van der Waals surface area contributed by atoms with Gasteiger partial charge in [-0.25, -0.2) is 19.1 Å². The second kappa shape index (κ2) is 11.6. The van der Waals surface area contributed by atoms with Crippen LogP contribution < -0.4 is 16.0 Å². The minimum atomic E-state index is -1.83. The summed E-state index contributed by atoms with van der Waals surface area (Å²) < 4.78 is 20.8. The van der Waals surface area contributed by atoms with Crippen LogP contribution in [0.1, 0.15) is 78.5 Å². The van der Waals surface area contributed by atoms with Crippen molar-refractivity contribution in [1.29, 1.82) is 0 Å². The lowest BCUT2D eigenvalue weighted by molar-refractivity contribution is -0.146. The molecule has 4 aromatic rings. The Morgan fingerprint density at radius 3 is 2.53 bits per heavy atom. The Bertz CT molecular complexity index is 1850. The van der Waals surface area contributed by atoms with E-state index in [1.54, 1.807) is 14.0 Å². The van der Waals surface area contributed by atoms with E-state index in [1.165, 1.54) is 42.2 Å². The number of carbonyl (C=O) groups is 1. The first-order valence-corrected chi connectivity index (χ1v) is 16.1. The number of benzene rings is 1. The fourth-order valence-corrected chi connectivity index (χ4v) is 8.13. The van der Waals surface area contributed by atoms with E-state index in [0.29, 0.717) is 32.8 Å². The first kappa shape index (κ1) is 32.7. The molecule has 0 saturated heterocycles. The zero-order valence-corrected chi connectivity index (χ0v) is 28.3. The molecule has 4 atom stereocenters. The first-order valence-electron chi connectivity index (χ1n) is 15.3. The standard InChI is InChI=1S/C34H43N3O7S/c1-10-34(8)24(17-19(2)32(34,4)5)44-23(21-13-11-12-14-22(21)42-9)18-36-29-25(20(3)26(45-29)27-35-15-16-43-27)28(38)37(31(36)41)33(6,7)30(39)40/h11-16,19,23-24H,10,17-18H2,1-9H3,(H,39,40)/t19-,23?,24?,34+/m1/s1. The van der Waals surface area contributed by atoms with Crippen LogP contribution in [0.2, 0.25) is 0 Å². The summed E-state index contributed by atoms with van der Waals surface area (Å²) in [5.41, 5.74) is -2.08. The molecule has 3 aromatic heterocycles. The number of rotatable bonds is 10. The molecule has 10 nitrogen and oxygen atoms in total. The van der Waals surface area contributed by atoms with E-state index in [1.807, 2.05) is 24.3 Å². The number of ether oxygens (including phenoxy) is 2. The van der Waals surface area contributed by atoms with Crippen LogP contribution >= 0.6 is 11.3 Å². The number of nitrogens with zero attached hydrogens (tertiary/aromatic N) is 3. The van der Waals surface area contributed by atoms with Crippen LogP contribution in [-0.4, -0.2) is 38.4 Å². The van der Waals surface area contributed by atoms with Crippen molar-refractivity contribution in [1.82, 2.24) is 14.1 Å². The summed E-state index contributed by atoms with van der Waals surface area (Å²) in [4.78, 5) is 46.1. The summed E-state index contributed by atoms with van der Waals surface area (Å²) in [6.45, 7) is 15.8. The Balaban J connectivity index is 1.78. The average Bonchev–Trinajstić information content (AvgIpc) is 3.68. The number of hydrogen-bond acceptors (Lipinski definition) is 8. The predicted molar refractivity (Wildman–Crippen MR) is 174 cm³/mol. The van der Waals surface area contributed by atoms with Crippen LogP contribution in [0.15, 0.2) is 50.7 Å². The number of carboxylic acids is 1. The van der Waals surface area contributed by atoms with Crippen molar-refractivity contribution in [3.63, 3.8) is 0 Å². The van der Waals surface area contributed by atoms with Gasteiger partial charge in [0.2, 0.25) is 5.89 Å². The molecule has 1 aromatic carbocycles. The highest BCUT2D eigenvalue weighted by Crippen LogP contribution is 2.59. The second-order valence-corrected chi connectivity index (χ2v) is 14.5. The van der Waals surface area contributed by atoms with E-state index in [9.17, 15) is 19.5 Å². The molecular weight excluding hydrogens is 594 g/mol. The Hall–Kier alpha value is -3.70. The second-order valence-electron chi connectivity index (χ2n) is 13.5. The Morgan fingerprint density at radius 2 is 1.93 bits per heavy atom. The van der Waals surface area contributed by atoms with Crippen molar-refractivity contribution in [2.24, 2.45) is 16.7 Å². The number of aryl methyl sites for hydroxylation is 1. The number of para-hydroxylation sites is 1. The number of fused-ring (bicyclic) bond motifs is 1. The molecule has 1 aliphatic carbocycles. The van der Waals surface area contributed by atoms with Gasteiger partial charge >= 0.3 is 11.7 Å². The van der Waals surface area contributed by atoms with E-state index in [-0.39, 0.29) is 28.9 Å². The number of methoxy groups -OCH3 is 1. The molecule has 1 aliphatic rings. The van der Waals surface area contributed by atoms with E-state index < -0.39 is 28.9 Å². The third-order valence-corrected chi connectivity index (χ3v) is 12.1. The lowest BCUT2D eigenvalue weighted by atomic mass is 9.64. The molecule has 0 radical (unpaired) electrons. The number of thiophene rings is 1. The summed E-state index contributed by atoms with van der Waals surface area (Å²) in [6, 6.07) is 7.56. The van der Waals surface area contributed by atoms with E-state index in [0.717, 1.165) is 23.0 Å². The number of aromatic nitrogens is 3. The smallest absolute Gasteiger partial charge is 0.333 e. The third-order valence-electron chi connectivity index (χ3n) is 10.8. The maximum atomic E-state index is 14.4. The highest BCUT2D eigenvalue weighted by Gasteiger charge is 2.56. The van der Waals surface area contributed by atoms with Crippen LogP contribution in [0.25, 0.3) is 21.0 Å². The van der Waals surface area contributed by atoms with Gasteiger partial charge in [-0.15, -0.1) is 11.3 Å². The van der Waals surface area contributed by atoms with Gasteiger partial charge in [0, 0.05) is 5.56 Å². The number of hydrogen-bond donors (Lipinski definition) is 1. The summed E-state index contributed by atoms with van der Waals surface area (Å²) in [6.07, 6.45) is 3.90. The molecule has 0 spiro atoms. The molecule has 11 heteroatoms. The van der Waals surface area contributed by atoms with Gasteiger partial charge in [0.25, 0.3) is 5.56 Å². The third kappa shape index (κ3) is 5.04. The molecule has 242 valence electrons. The molecule has 45 heavy (non-hydrogen) atoms. The minimum Gasteiger partial charge on any atom is -0.496 e. The largest absolute Gasteiger partial charge is 0.496 e. The molecule has 5 rings (SSSR count). The molecule has 1 fully saturated rings. The van der Waals surface area contributed by atoms with Gasteiger partial charge in [-0.2, -0.15) is 0 Å². The number of oxazole rings is 1. The van der Waals surface area contributed by atoms with Gasteiger partial charge in [-0.05, 0) is 62.0 Å². The van der Waals surface area contributed by atoms with Crippen molar-refractivity contribution in [3.8, 4) is 16.5 Å². The Morgan fingerprint density at radius 1 is 1.24 bits per heavy atom. The van der Waals surface area contributed by atoms with Crippen molar-refractivity contribution in [2.45, 2.75) is 92.5 Å². The topological polar surface area (TPSA) is 126 Å². The van der Waals surface area contributed by atoms with E-state index in [2.05, 4.69) is 39.6 Å². The van der Waals surface area contributed by atoms with Crippen LogP contribution in [0.4, 0.5) is 0 Å². The van der Waals surface area contributed by atoms with Crippen molar-refractivity contribution >= 4 is 27.5 Å². The SMILES string of the molecule is CC[C@@]1(C)C(OC(Cn2c(=O)n(C(C)(C)C(=O)O)c(=O)c3c(C)c(-c4ncco4)sc32)c2ccccc2OC)C[C@@H](C)C1(C)C. The Kier molecular flexibility index (Phi) is 8.41. The quantitative estimate of drug-likeness (QED) is 0.206. The van der Waals surface area contributed by atoms with Crippen LogP contribution in [0.3, 0.4) is 0 Å². The molecule has 3 heterocycles. The highest BCUT2D eigenvalue weighted by atomic mass is 32.1. The van der Waals surface area contributed by atoms with Gasteiger partial charge in [0.05, 0.1) is 36.2 Å². The minimum absolute atomic E-state index is 0.00358. The van der Waals surface area contributed by atoms with Gasteiger partial charge in [-0.3, -0.25) is 9.36 Å². The van der Waals surface area contributed by atoms with Crippen LogP contribution in [0.5, 0.6) is 5.75 Å². The molecule has 0 bridgehead atoms. The molecule has 1 N–H and O–H groups in total. The van der Waals surface area contributed by atoms with E-state index >= 15 is 0 Å². The molecule has 1 saturated carbocycles. The van der Waals surface area contributed by atoms with Crippen LogP contribution in [0, 0.1) is 23.7 Å². The number of aliphatic carboxylic acids is 1. The molecule has 0 aliphatic heterocycles. The fourth-order valence-electron chi connectivity index (χ4n) is 6.89. The fraction of sp³-hybridized carbons (Fsp3) is 0.529. The lowest BCUT2D eigenvalue weighted by Crippen LogP contribution is -2.52. The van der Waals surface area contributed by atoms with Gasteiger partial charge in [0.1, 0.15) is 28.5 Å². The van der Waals surface area contributed by atoms with Crippen molar-refractivity contribution < 1.29 is 23.8 Å². The summed E-state index contributed by atoms with van der Waals surface area (Å²) in [5, 5.41) is 10.4. The lowest BCUT2D eigenvalue weighted by Gasteiger charge is -2.44. The monoisotopic (exact) mass is 637 g/mol. The molecule has 2 unspecified atom stereocenters. The highest BCUT2D eigenvalue weighted by molar-refractivity contribution is 7.22. The maximum Gasteiger partial charge on any atom is 0.333 e. The van der Waals surface area contributed by atoms with Crippen LogP contribution in [-0.2, 0) is 21.6 Å². The number of carboxylic acid groups (broad SMARTS) is 1. The predicted octanol–water partition coefficient (Wildman–Crippen LogP) is 6.63. The first-order chi connectivity index (χ1) is 21.1.